The maximum Gasteiger partial charge on any atom is 0.0875 e. The summed E-state index contributed by atoms with van der Waals surface area (Å²) in [6.07, 6.45) is 6.96. The van der Waals surface area contributed by atoms with E-state index in [0.29, 0.717) is 0 Å². The van der Waals surface area contributed by atoms with Gasteiger partial charge in [-0.05, 0) is 47.1 Å². The fourth-order valence-electron chi connectivity index (χ4n) is 3.85. The third kappa shape index (κ3) is 2.96. The summed E-state index contributed by atoms with van der Waals surface area (Å²) in [5.74, 6) is 0. The molecule has 0 amide bonds. The lowest BCUT2D eigenvalue weighted by atomic mass is 9.99. The predicted molar refractivity (Wildman–Crippen MR) is 119 cm³/mol. The van der Waals surface area contributed by atoms with E-state index >= 15 is 0 Å². The summed E-state index contributed by atoms with van der Waals surface area (Å²) in [6.45, 7) is 0. The van der Waals surface area contributed by atoms with Gasteiger partial charge in [-0.25, -0.2) is 0 Å². The van der Waals surface area contributed by atoms with Crippen LogP contribution in [0.25, 0.3) is 27.3 Å². The van der Waals surface area contributed by atoms with Gasteiger partial charge in [-0.2, -0.15) is 0 Å². The Bertz CT molecular complexity index is 1110. The van der Waals surface area contributed by atoms with Gasteiger partial charge >= 0.3 is 0 Å². The van der Waals surface area contributed by atoms with E-state index in [4.69, 9.17) is 0 Å². The summed E-state index contributed by atoms with van der Waals surface area (Å²) < 4.78 is 1.42. The lowest BCUT2D eigenvalue weighted by Crippen LogP contribution is -2.26. The number of allylic oxidation sites excluding steroid dienone is 1. The van der Waals surface area contributed by atoms with Gasteiger partial charge in [-0.3, -0.25) is 0 Å². The molecule has 0 radical (unpaired) electrons. The summed E-state index contributed by atoms with van der Waals surface area (Å²) >= 11 is 1.94. The van der Waals surface area contributed by atoms with E-state index < -0.39 is 9.52 Å². The van der Waals surface area contributed by atoms with E-state index in [-0.39, 0.29) is 0 Å². The van der Waals surface area contributed by atoms with Crippen molar-refractivity contribution >= 4 is 47.4 Å². The lowest BCUT2D eigenvalue weighted by Gasteiger charge is -2.07. The Morgan fingerprint density at radius 1 is 0.769 bits per heavy atom. The molecule has 4 aromatic rings. The fourth-order valence-corrected chi connectivity index (χ4v) is 6.63. The molecule has 0 saturated carbocycles. The predicted octanol–water partition coefficient (Wildman–Crippen LogP) is 4.65. The van der Waals surface area contributed by atoms with Crippen molar-refractivity contribution in [2.75, 3.05) is 0 Å². The van der Waals surface area contributed by atoms with Gasteiger partial charge in [-0.1, -0.05) is 83.2 Å². The van der Waals surface area contributed by atoms with Crippen LogP contribution in [0.2, 0.25) is 0 Å². The van der Waals surface area contributed by atoms with Crippen LogP contribution < -0.4 is 10.4 Å². The highest BCUT2D eigenvalue weighted by Gasteiger charge is 2.13. The third-order valence-corrected chi connectivity index (χ3v) is 8.05. The minimum atomic E-state index is -0.410. The van der Waals surface area contributed by atoms with E-state index in [2.05, 4.69) is 84.9 Å². The topological polar surface area (TPSA) is 0 Å². The lowest BCUT2D eigenvalue weighted by molar-refractivity contribution is 1.01. The molecule has 0 atom stereocenters. The minimum Gasteiger partial charge on any atom is -0.136 e. The molecular weight excluding hydrogens is 348 g/mol. The SMILES string of the molecule is C1=Cc2sc3cc(-c4cccc([SiH2]c5ccccc5)c4)ccc3c2CC1. The summed E-state index contributed by atoms with van der Waals surface area (Å²) in [7, 11) is -0.410. The largest absolute Gasteiger partial charge is 0.136 e. The number of benzene rings is 3. The number of rotatable bonds is 3. The van der Waals surface area contributed by atoms with Crippen LogP contribution in [0, 0.1) is 0 Å². The maximum atomic E-state index is 2.40. The first-order valence-electron chi connectivity index (χ1n) is 9.22. The second-order valence-electron chi connectivity index (χ2n) is 6.96. The normalized spacial score (nSPS) is 13.5. The molecule has 3 aromatic carbocycles. The van der Waals surface area contributed by atoms with Crippen molar-refractivity contribution in [3.8, 4) is 11.1 Å². The van der Waals surface area contributed by atoms with E-state index in [0.717, 1.165) is 0 Å². The number of hydrogen-bond donors (Lipinski definition) is 0. The molecule has 2 heteroatoms. The zero-order valence-corrected chi connectivity index (χ0v) is 16.8. The highest BCUT2D eigenvalue weighted by Crippen LogP contribution is 2.37. The van der Waals surface area contributed by atoms with Crippen LogP contribution in [0.4, 0.5) is 0 Å². The fraction of sp³-hybridized carbons (Fsp3) is 0.0833. The van der Waals surface area contributed by atoms with Crippen molar-refractivity contribution in [3.05, 3.63) is 89.3 Å². The van der Waals surface area contributed by atoms with Gasteiger partial charge in [0.1, 0.15) is 0 Å². The van der Waals surface area contributed by atoms with Crippen LogP contribution in [0.1, 0.15) is 16.9 Å². The van der Waals surface area contributed by atoms with Gasteiger partial charge < -0.3 is 0 Å². The second kappa shape index (κ2) is 6.71. The van der Waals surface area contributed by atoms with E-state index in [9.17, 15) is 0 Å². The Kier molecular flexibility index (Phi) is 4.08. The molecule has 0 fully saturated rings. The van der Waals surface area contributed by atoms with Gasteiger partial charge in [-0.15, -0.1) is 11.3 Å². The molecule has 0 nitrogen and oxygen atoms in total. The molecule has 0 bridgehead atoms. The molecular formula is C24H20SSi. The van der Waals surface area contributed by atoms with Crippen molar-refractivity contribution in [2.45, 2.75) is 12.8 Å². The van der Waals surface area contributed by atoms with Gasteiger partial charge in [0, 0.05) is 9.58 Å². The Morgan fingerprint density at radius 2 is 1.62 bits per heavy atom. The Morgan fingerprint density at radius 3 is 2.54 bits per heavy atom. The van der Waals surface area contributed by atoms with Gasteiger partial charge in [0.2, 0.25) is 0 Å². The molecule has 1 aliphatic rings. The van der Waals surface area contributed by atoms with Crippen LogP contribution in [0.5, 0.6) is 0 Å². The van der Waals surface area contributed by atoms with E-state index in [1.807, 2.05) is 11.3 Å². The molecule has 1 heterocycles. The minimum absolute atomic E-state index is 0.410. The quantitative estimate of drug-likeness (QED) is 0.462. The summed E-state index contributed by atoms with van der Waals surface area (Å²) in [5.41, 5.74) is 4.23. The number of aryl methyl sites for hydroxylation is 1. The highest BCUT2D eigenvalue weighted by atomic mass is 32.1. The Hall–Kier alpha value is -2.42. The standard InChI is InChI=1S/C24H20SSi/c1-2-8-19(9-3-1)26-20-10-6-7-17(15-20)18-13-14-22-21-11-4-5-12-23(21)25-24(22)16-18/h1-3,5-10,12-16H,4,11,26H2. The second-order valence-corrected chi connectivity index (χ2v) is 10.0. The molecule has 0 unspecified atom stereocenters. The molecule has 0 saturated heterocycles. The maximum absolute atomic E-state index is 2.40. The Labute approximate surface area is 160 Å². The molecule has 1 aromatic heterocycles. The third-order valence-electron chi connectivity index (χ3n) is 5.17. The number of hydrogen-bond acceptors (Lipinski definition) is 1. The summed E-state index contributed by atoms with van der Waals surface area (Å²) in [6, 6.07) is 27.1. The number of thiophene rings is 1. The molecule has 0 aliphatic heterocycles. The van der Waals surface area contributed by atoms with Crippen LogP contribution >= 0.6 is 11.3 Å². The van der Waals surface area contributed by atoms with Crippen molar-refractivity contribution in [1.29, 1.82) is 0 Å². The monoisotopic (exact) mass is 368 g/mol. The number of fused-ring (bicyclic) bond motifs is 3. The average molecular weight is 369 g/mol. The van der Waals surface area contributed by atoms with Crippen LogP contribution in [-0.2, 0) is 6.42 Å². The van der Waals surface area contributed by atoms with Crippen molar-refractivity contribution < 1.29 is 0 Å². The molecule has 0 N–H and O–H groups in total. The zero-order chi connectivity index (χ0) is 17.3. The summed E-state index contributed by atoms with van der Waals surface area (Å²) in [5, 5.41) is 4.45. The van der Waals surface area contributed by atoms with E-state index in [1.165, 1.54) is 49.3 Å². The average Bonchev–Trinajstić information content (AvgIpc) is 3.07. The zero-order valence-electron chi connectivity index (χ0n) is 14.6. The molecule has 26 heavy (non-hydrogen) atoms. The van der Waals surface area contributed by atoms with Gasteiger partial charge in [0.15, 0.2) is 0 Å². The first-order chi connectivity index (χ1) is 12.9. The first-order valence-corrected chi connectivity index (χ1v) is 11.4. The smallest absolute Gasteiger partial charge is 0.0875 e. The van der Waals surface area contributed by atoms with Crippen molar-refractivity contribution in [1.82, 2.24) is 0 Å². The first kappa shape index (κ1) is 15.8. The molecule has 126 valence electrons. The Balaban J connectivity index is 1.51. The van der Waals surface area contributed by atoms with Crippen molar-refractivity contribution in [3.63, 3.8) is 0 Å². The molecule has 1 aliphatic carbocycles. The van der Waals surface area contributed by atoms with Crippen LogP contribution in [0.3, 0.4) is 0 Å². The van der Waals surface area contributed by atoms with Gasteiger partial charge in [0.25, 0.3) is 0 Å². The van der Waals surface area contributed by atoms with Crippen molar-refractivity contribution in [2.24, 2.45) is 0 Å². The van der Waals surface area contributed by atoms with Gasteiger partial charge in [0.05, 0.1) is 9.52 Å². The van der Waals surface area contributed by atoms with Crippen LogP contribution in [0.15, 0.2) is 78.9 Å². The molecule has 0 spiro atoms. The summed E-state index contributed by atoms with van der Waals surface area (Å²) in [4.78, 5) is 1.45. The van der Waals surface area contributed by atoms with Crippen LogP contribution in [-0.4, -0.2) is 9.52 Å². The highest BCUT2D eigenvalue weighted by molar-refractivity contribution is 7.20. The molecule has 5 rings (SSSR count). The van der Waals surface area contributed by atoms with E-state index in [1.54, 1.807) is 5.56 Å².